The highest BCUT2D eigenvalue weighted by atomic mass is 35.5. The number of nitrogens with zero attached hydrogens (tertiary/aromatic N) is 1. The Kier molecular flexibility index (Phi) is 7.64. The number of halogens is 5. The van der Waals surface area contributed by atoms with Crippen molar-refractivity contribution in [3.8, 4) is 11.1 Å². The van der Waals surface area contributed by atoms with Crippen molar-refractivity contribution >= 4 is 23.3 Å². The number of carbonyl (C=O) groups is 1. The number of carbonyl (C=O) groups excluding carboxylic acids is 1. The molecule has 1 aliphatic heterocycles. The van der Waals surface area contributed by atoms with Crippen LogP contribution in [-0.4, -0.2) is 18.3 Å². The molecule has 2 N–H and O–H groups in total. The number of amidine groups is 1. The molecule has 0 saturated carbocycles. The zero-order chi connectivity index (χ0) is 25.9. The minimum absolute atomic E-state index is 0.169. The second-order valence-electron chi connectivity index (χ2n) is 8.66. The third-order valence-electron chi connectivity index (χ3n) is 5.90. The molecular weight excluding hydrogens is 494 g/mol. The standard InChI is InChI=1S/C27H24ClF4N3O/c1-16-9-17(4-7-24(16)28)14-35-26(36)20-11-18(15-34-25-3-2-8-33-25)10-19(12-20)22-6-5-21(29)13-23(22)27(30,31)32/h4-7,9-13H,2-3,8,14-15H2,1H3,(H,33,34)(H,35,36). The summed E-state index contributed by atoms with van der Waals surface area (Å²) in [6.45, 7) is 3.08. The Hall–Kier alpha value is -3.39. The Balaban J connectivity index is 1.67. The topological polar surface area (TPSA) is 53.5 Å². The molecule has 1 amide bonds. The van der Waals surface area contributed by atoms with Gasteiger partial charge in [-0.15, -0.1) is 0 Å². The first-order valence-electron chi connectivity index (χ1n) is 11.4. The van der Waals surface area contributed by atoms with Crippen LogP contribution in [0.5, 0.6) is 0 Å². The average Bonchev–Trinajstić information content (AvgIpc) is 3.36. The van der Waals surface area contributed by atoms with E-state index in [0.29, 0.717) is 16.7 Å². The van der Waals surface area contributed by atoms with Crippen molar-refractivity contribution in [3.63, 3.8) is 0 Å². The number of hydrogen-bond donors (Lipinski definition) is 2. The molecule has 9 heteroatoms. The molecule has 1 heterocycles. The molecule has 0 saturated heterocycles. The number of aryl methyl sites for hydroxylation is 1. The predicted molar refractivity (Wildman–Crippen MR) is 133 cm³/mol. The maximum atomic E-state index is 13.7. The lowest BCUT2D eigenvalue weighted by Crippen LogP contribution is -2.24. The fourth-order valence-corrected chi connectivity index (χ4v) is 4.19. The fourth-order valence-electron chi connectivity index (χ4n) is 4.07. The molecule has 0 bridgehead atoms. The van der Waals surface area contributed by atoms with E-state index in [1.807, 2.05) is 13.0 Å². The summed E-state index contributed by atoms with van der Waals surface area (Å²) in [4.78, 5) is 17.4. The smallest absolute Gasteiger partial charge is 0.370 e. The van der Waals surface area contributed by atoms with Gasteiger partial charge in [0.2, 0.25) is 0 Å². The number of amides is 1. The minimum atomic E-state index is -4.76. The largest absolute Gasteiger partial charge is 0.417 e. The van der Waals surface area contributed by atoms with Gasteiger partial charge >= 0.3 is 6.18 Å². The summed E-state index contributed by atoms with van der Waals surface area (Å²) in [6, 6.07) is 12.5. The second kappa shape index (κ2) is 10.7. The van der Waals surface area contributed by atoms with Crippen molar-refractivity contribution in [2.24, 2.45) is 4.99 Å². The highest BCUT2D eigenvalue weighted by Crippen LogP contribution is 2.38. The molecule has 0 spiro atoms. The molecule has 0 radical (unpaired) electrons. The Bertz CT molecular complexity index is 1320. The van der Waals surface area contributed by atoms with Crippen LogP contribution >= 0.6 is 11.6 Å². The van der Waals surface area contributed by atoms with Crippen LogP contribution in [0.2, 0.25) is 5.02 Å². The molecule has 0 aromatic heterocycles. The number of benzene rings is 3. The van der Waals surface area contributed by atoms with Crippen molar-refractivity contribution in [1.82, 2.24) is 10.6 Å². The van der Waals surface area contributed by atoms with Crippen LogP contribution in [0, 0.1) is 12.7 Å². The predicted octanol–water partition coefficient (Wildman–Crippen LogP) is 6.69. The van der Waals surface area contributed by atoms with Crippen LogP contribution in [0.3, 0.4) is 0 Å². The van der Waals surface area contributed by atoms with Crippen LogP contribution in [0.15, 0.2) is 59.6 Å². The monoisotopic (exact) mass is 517 g/mol. The van der Waals surface area contributed by atoms with Crippen molar-refractivity contribution in [2.75, 3.05) is 6.54 Å². The summed E-state index contributed by atoms with van der Waals surface area (Å²) in [6.07, 6.45) is -3.03. The number of alkyl halides is 3. The van der Waals surface area contributed by atoms with Gasteiger partial charge in [0.05, 0.1) is 11.4 Å². The molecule has 0 unspecified atom stereocenters. The Morgan fingerprint density at radius 2 is 1.83 bits per heavy atom. The lowest BCUT2D eigenvalue weighted by atomic mass is 9.95. The molecule has 3 aromatic carbocycles. The van der Waals surface area contributed by atoms with Crippen molar-refractivity contribution in [1.29, 1.82) is 0 Å². The summed E-state index contributed by atoms with van der Waals surface area (Å²) in [5.74, 6) is -0.610. The van der Waals surface area contributed by atoms with Crippen LogP contribution in [0.25, 0.3) is 11.1 Å². The maximum Gasteiger partial charge on any atom is 0.417 e. The Morgan fingerprint density at radius 1 is 1.03 bits per heavy atom. The van der Waals surface area contributed by atoms with Crippen LogP contribution in [0.4, 0.5) is 17.6 Å². The molecular formula is C27H24ClF4N3O. The van der Waals surface area contributed by atoms with Gasteiger partial charge in [-0.05, 0) is 77.6 Å². The van der Waals surface area contributed by atoms with Gasteiger partial charge in [0.1, 0.15) is 5.82 Å². The highest BCUT2D eigenvalue weighted by Gasteiger charge is 2.34. The first-order chi connectivity index (χ1) is 17.1. The minimum Gasteiger partial charge on any atom is -0.370 e. The lowest BCUT2D eigenvalue weighted by molar-refractivity contribution is -0.137. The van der Waals surface area contributed by atoms with E-state index in [2.05, 4.69) is 15.6 Å². The molecule has 3 aromatic rings. The molecule has 0 aliphatic carbocycles. The van der Waals surface area contributed by atoms with Crippen molar-refractivity contribution in [2.45, 2.75) is 39.0 Å². The van der Waals surface area contributed by atoms with E-state index >= 15 is 0 Å². The summed E-state index contributed by atoms with van der Waals surface area (Å²) in [5, 5.41) is 6.61. The van der Waals surface area contributed by atoms with Crippen LogP contribution in [0.1, 0.15) is 45.5 Å². The van der Waals surface area contributed by atoms with Gasteiger partial charge in [-0.25, -0.2) is 4.39 Å². The lowest BCUT2D eigenvalue weighted by Gasteiger charge is -2.16. The first kappa shape index (κ1) is 25.7. The van der Waals surface area contributed by atoms with Crippen molar-refractivity contribution in [3.05, 3.63) is 93.3 Å². The zero-order valence-corrected chi connectivity index (χ0v) is 20.2. The first-order valence-corrected chi connectivity index (χ1v) is 11.8. The van der Waals surface area contributed by atoms with Gasteiger partial charge in [-0.2, -0.15) is 13.2 Å². The van der Waals surface area contributed by atoms with E-state index in [0.717, 1.165) is 48.5 Å². The fraction of sp³-hybridized carbons (Fsp3) is 0.259. The van der Waals surface area contributed by atoms with Gasteiger partial charge in [0.25, 0.3) is 5.91 Å². The van der Waals surface area contributed by atoms with E-state index in [1.54, 1.807) is 24.3 Å². The van der Waals surface area contributed by atoms with E-state index in [9.17, 15) is 22.4 Å². The molecule has 0 fully saturated rings. The van der Waals surface area contributed by atoms with E-state index in [-0.39, 0.29) is 29.8 Å². The van der Waals surface area contributed by atoms with E-state index in [1.165, 1.54) is 6.07 Å². The third-order valence-corrected chi connectivity index (χ3v) is 6.32. The molecule has 0 atom stereocenters. The highest BCUT2D eigenvalue weighted by molar-refractivity contribution is 6.31. The van der Waals surface area contributed by atoms with Gasteiger partial charge in [0.15, 0.2) is 0 Å². The summed E-state index contributed by atoms with van der Waals surface area (Å²) in [5.41, 5.74) is 1.36. The summed E-state index contributed by atoms with van der Waals surface area (Å²) >= 11 is 6.06. The molecule has 4 nitrogen and oxygen atoms in total. The molecule has 188 valence electrons. The molecule has 1 aliphatic rings. The van der Waals surface area contributed by atoms with Crippen LogP contribution < -0.4 is 10.6 Å². The second-order valence-corrected chi connectivity index (χ2v) is 9.07. The summed E-state index contributed by atoms with van der Waals surface area (Å²) < 4.78 is 54.8. The Morgan fingerprint density at radius 3 is 2.53 bits per heavy atom. The van der Waals surface area contributed by atoms with E-state index in [4.69, 9.17) is 11.6 Å². The number of rotatable bonds is 6. The van der Waals surface area contributed by atoms with Gasteiger partial charge < -0.3 is 10.6 Å². The normalized spacial score (nSPS) is 13.4. The van der Waals surface area contributed by atoms with Crippen molar-refractivity contribution < 1.29 is 22.4 Å². The number of hydrogen-bond acceptors (Lipinski definition) is 3. The Labute approximate surface area is 211 Å². The summed E-state index contributed by atoms with van der Waals surface area (Å²) in [7, 11) is 0. The van der Waals surface area contributed by atoms with Gasteiger partial charge in [-0.3, -0.25) is 9.79 Å². The maximum absolute atomic E-state index is 13.7. The average molecular weight is 518 g/mol. The zero-order valence-electron chi connectivity index (χ0n) is 19.5. The van der Waals surface area contributed by atoms with Crippen LogP contribution in [-0.2, 0) is 19.3 Å². The third kappa shape index (κ3) is 6.23. The quantitative estimate of drug-likeness (QED) is 0.358. The number of aliphatic imine (C=N–C) groups is 1. The molecule has 36 heavy (non-hydrogen) atoms. The SMILES string of the molecule is Cc1cc(CNC(=O)c2cc(CNC3=NCCC3)cc(-c3ccc(F)cc3C(F)(F)F)c2)ccc1Cl. The number of nitrogens with one attached hydrogen (secondary N) is 2. The van der Waals surface area contributed by atoms with E-state index < -0.39 is 23.5 Å². The molecule has 4 rings (SSSR count). The van der Waals surface area contributed by atoms with Gasteiger partial charge in [0, 0.05) is 36.6 Å². The van der Waals surface area contributed by atoms with Gasteiger partial charge in [-0.1, -0.05) is 29.8 Å².